The fourth-order valence-electron chi connectivity index (χ4n) is 3.95. The molecule has 3 rings (SSSR count). The van der Waals surface area contributed by atoms with Crippen LogP contribution in [0.1, 0.15) is 19.3 Å². The van der Waals surface area contributed by atoms with Gasteiger partial charge < -0.3 is 14.6 Å². The minimum absolute atomic E-state index is 0.00140. The summed E-state index contributed by atoms with van der Waals surface area (Å²) in [5.41, 5.74) is 0. The molecule has 2 aliphatic carbocycles. The Morgan fingerprint density at radius 2 is 1.73 bits per heavy atom. The number of fused-ring (bicyclic) bond motifs is 2. The normalized spacial score (nSPS) is 32.8. The largest absolute Gasteiger partial charge is 0.550 e. The van der Waals surface area contributed by atoms with E-state index in [0.29, 0.717) is 0 Å². The summed E-state index contributed by atoms with van der Waals surface area (Å²) < 4.78 is 5.11. The molecule has 22 heavy (non-hydrogen) atoms. The molecule has 1 aliphatic heterocycles. The maximum atomic E-state index is 12.2. The topological polar surface area (TPSA) is 104 Å². The molecule has 2 fully saturated rings. The Morgan fingerprint density at radius 3 is 2.32 bits per heavy atom. The number of carboxylic acids is 1. The van der Waals surface area contributed by atoms with Crippen molar-refractivity contribution in [3.63, 3.8) is 0 Å². The molecule has 0 saturated heterocycles. The van der Waals surface area contributed by atoms with Crippen LogP contribution in [-0.4, -0.2) is 41.8 Å². The smallest absolute Gasteiger partial charge is 0.309 e. The molecular weight excluding hydrogens is 290 g/mol. The van der Waals surface area contributed by atoms with E-state index in [1.807, 2.05) is 0 Å². The van der Waals surface area contributed by atoms with Crippen LogP contribution in [0.4, 0.5) is 0 Å². The third-order valence-electron chi connectivity index (χ3n) is 4.92. The van der Waals surface area contributed by atoms with Gasteiger partial charge in [-0.3, -0.25) is 19.3 Å². The van der Waals surface area contributed by atoms with E-state index >= 15 is 0 Å². The first-order chi connectivity index (χ1) is 10.5. The molecule has 118 valence electrons. The van der Waals surface area contributed by atoms with Crippen molar-refractivity contribution >= 4 is 23.8 Å². The second-order valence-electron chi connectivity index (χ2n) is 6.03. The number of ether oxygens (including phenoxy) is 1. The zero-order valence-electron chi connectivity index (χ0n) is 11.9. The maximum absolute atomic E-state index is 12.2. The van der Waals surface area contributed by atoms with Crippen molar-refractivity contribution in [1.29, 1.82) is 0 Å². The van der Waals surface area contributed by atoms with Gasteiger partial charge in [0.15, 0.2) is 0 Å². The zero-order chi connectivity index (χ0) is 15.9. The van der Waals surface area contributed by atoms with Crippen molar-refractivity contribution in [2.75, 3.05) is 13.2 Å². The highest BCUT2D eigenvalue weighted by Gasteiger charge is 2.52. The average molecular weight is 306 g/mol. The Morgan fingerprint density at radius 1 is 1.14 bits per heavy atom. The monoisotopic (exact) mass is 306 g/mol. The summed E-state index contributed by atoms with van der Waals surface area (Å²) in [4.78, 5) is 47.1. The van der Waals surface area contributed by atoms with E-state index in [1.54, 1.807) is 0 Å². The summed E-state index contributed by atoms with van der Waals surface area (Å²) in [5, 5.41) is 11.3. The molecule has 7 heteroatoms. The Bertz CT molecular complexity index is 550. The fraction of sp³-hybridized carbons (Fsp3) is 0.600. The van der Waals surface area contributed by atoms with Crippen LogP contribution in [0.3, 0.4) is 0 Å². The summed E-state index contributed by atoms with van der Waals surface area (Å²) in [6.45, 7) is -0.140. The Balaban J connectivity index is 1.55. The number of amides is 2. The molecule has 0 N–H and O–H groups in total. The van der Waals surface area contributed by atoms with Crippen LogP contribution in [0.15, 0.2) is 12.2 Å². The molecule has 4 unspecified atom stereocenters. The molecule has 3 aliphatic rings. The van der Waals surface area contributed by atoms with E-state index in [0.717, 1.165) is 36.3 Å². The number of aliphatic carboxylic acids is 1. The quantitative estimate of drug-likeness (QED) is 0.470. The Hall–Kier alpha value is -2.18. The van der Waals surface area contributed by atoms with Crippen LogP contribution in [0.25, 0.3) is 0 Å². The highest BCUT2D eigenvalue weighted by Crippen LogP contribution is 2.52. The predicted molar refractivity (Wildman–Crippen MR) is 69.6 cm³/mol. The molecule has 4 atom stereocenters. The lowest BCUT2D eigenvalue weighted by atomic mass is 9.79. The number of carbonyl (C=O) groups excluding carboxylic acids is 4. The number of imide groups is 1. The molecule has 0 aromatic rings. The second-order valence-corrected chi connectivity index (χ2v) is 6.03. The maximum Gasteiger partial charge on any atom is 0.309 e. The predicted octanol–water partition coefficient (Wildman–Crippen LogP) is -1.13. The van der Waals surface area contributed by atoms with Crippen LogP contribution in [0.2, 0.25) is 0 Å². The second kappa shape index (κ2) is 5.55. The molecule has 0 aromatic carbocycles. The van der Waals surface area contributed by atoms with Crippen molar-refractivity contribution in [1.82, 2.24) is 4.90 Å². The van der Waals surface area contributed by atoms with Gasteiger partial charge in [0.05, 0.1) is 12.5 Å². The molecular formula is C15H16NO6-. The number of nitrogens with zero attached hydrogens (tertiary/aromatic N) is 1. The zero-order valence-corrected chi connectivity index (χ0v) is 11.9. The van der Waals surface area contributed by atoms with E-state index < -0.39 is 35.6 Å². The van der Waals surface area contributed by atoms with E-state index in [1.165, 1.54) is 0 Å². The molecule has 2 amide bonds. The van der Waals surface area contributed by atoms with E-state index in [2.05, 4.69) is 0 Å². The van der Waals surface area contributed by atoms with Gasteiger partial charge in [-0.15, -0.1) is 0 Å². The molecule has 0 radical (unpaired) electrons. The van der Waals surface area contributed by atoms with Gasteiger partial charge in [-0.05, 0) is 31.1 Å². The van der Waals surface area contributed by atoms with Crippen molar-refractivity contribution in [3.05, 3.63) is 12.2 Å². The van der Waals surface area contributed by atoms with Crippen molar-refractivity contribution in [2.24, 2.45) is 23.7 Å². The lowest BCUT2D eigenvalue weighted by Crippen LogP contribution is -2.43. The minimum Gasteiger partial charge on any atom is -0.550 e. The van der Waals surface area contributed by atoms with Crippen molar-refractivity contribution < 1.29 is 29.0 Å². The van der Waals surface area contributed by atoms with Gasteiger partial charge in [-0.2, -0.15) is 0 Å². The van der Waals surface area contributed by atoms with E-state index in [-0.39, 0.29) is 25.0 Å². The van der Waals surface area contributed by atoms with Gasteiger partial charge in [0, 0.05) is 24.0 Å². The van der Waals surface area contributed by atoms with Gasteiger partial charge in [0.2, 0.25) is 0 Å². The summed E-state index contributed by atoms with van der Waals surface area (Å²) in [6, 6.07) is 0. The third kappa shape index (κ3) is 2.40. The summed E-state index contributed by atoms with van der Waals surface area (Å²) in [6.07, 6.45) is 4.70. The number of rotatable bonds is 5. The number of carbonyl (C=O) groups is 4. The van der Waals surface area contributed by atoms with E-state index in [4.69, 9.17) is 4.74 Å². The Labute approximate surface area is 126 Å². The van der Waals surface area contributed by atoms with Gasteiger partial charge in [0.25, 0.3) is 11.8 Å². The number of hydrogen-bond acceptors (Lipinski definition) is 6. The third-order valence-corrected chi connectivity index (χ3v) is 4.92. The van der Waals surface area contributed by atoms with E-state index in [9.17, 15) is 24.3 Å². The van der Waals surface area contributed by atoms with Gasteiger partial charge >= 0.3 is 5.97 Å². The highest BCUT2D eigenvalue weighted by atomic mass is 16.5. The molecule has 2 saturated carbocycles. The Kier molecular flexibility index (Phi) is 3.72. The van der Waals surface area contributed by atoms with Crippen molar-refractivity contribution in [3.8, 4) is 0 Å². The van der Waals surface area contributed by atoms with Crippen LogP contribution < -0.4 is 5.11 Å². The average Bonchev–Trinajstić information content (AvgIpc) is 3.16. The first kappa shape index (κ1) is 14.7. The standard InChI is InChI=1S/C15H17NO6/c17-10-3-4-11(18)16(10)5-6-22-15(21)13-9-2-1-8(7-9)12(13)14(19)20/h3-4,8-9,12-13H,1-2,5-7H2,(H,19,20)/p-1. The van der Waals surface area contributed by atoms with Gasteiger partial charge in [-0.1, -0.05) is 0 Å². The lowest BCUT2D eigenvalue weighted by molar-refractivity contribution is -0.315. The van der Waals surface area contributed by atoms with Crippen LogP contribution in [0.5, 0.6) is 0 Å². The van der Waals surface area contributed by atoms with Gasteiger partial charge in [-0.25, -0.2) is 0 Å². The van der Waals surface area contributed by atoms with Crippen LogP contribution in [-0.2, 0) is 23.9 Å². The summed E-state index contributed by atoms with van der Waals surface area (Å²) >= 11 is 0. The number of esters is 1. The summed E-state index contributed by atoms with van der Waals surface area (Å²) in [5.74, 6) is -4.02. The first-order valence-electron chi connectivity index (χ1n) is 7.40. The highest BCUT2D eigenvalue weighted by molar-refractivity contribution is 6.12. The molecule has 0 spiro atoms. The number of carboxylic acid groups (broad SMARTS) is 1. The SMILES string of the molecule is O=C([O-])C1C2CCC(C2)C1C(=O)OCCN1C(=O)C=CC1=O. The molecule has 2 bridgehead atoms. The lowest BCUT2D eigenvalue weighted by Gasteiger charge is -2.30. The fourth-order valence-corrected chi connectivity index (χ4v) is 3.95. The molecule has 7 nitrogen and oxygen atoms in total. The molecule has 1 heterocycles. The summed E-state index contributed by atoms with van der Waals surface area (Å²) in [7, 11) is 0. The van der Waals surface area contributed by atoms with Gasteiger partial charge in [0.1, 0.15) is 6.61 Å². The molecule has 0 aromatic heterocycles. The van der Waals surface area contributed by atoms with Crippen molar-refractivity contribution in [2.45, 2.75) is 19.3 Å². The first-order valence-corrected chi connectivity index (χ1v) is 7.40. The number of hydrogen-bond donors (Lipinski definition) is 0. The minimum atomic E-state index is -1.19. The van der Waals surface area contributed by atoms with Crippen LogP contribution >= 0.6 is 0 Å². The van der Waals surface area contributed by atoms with Crippen LogP contribution in [0, 0.1) is 23.7 Å².